The summed E-state index contributed by atoms with van der Waals surface area (Å²) >= 11 is 2.98. The Morgan fingerprint density at radius 3 is 1.28 bits per heavy atom. The molecule has 1 amide bonds. The van der Waals surface area contributed by atoms with E-state index < -0.39 is 55.4 Å². The average Bonchev–Trinajstić information content (AvgIpc) is 3.27. The van der Waals surface area contributed by atoms with Gasteiger partial charge in [-0.25, -0.2) is 22.0 Å². The van der Waals surface area contributed by atoms with Crippen molar-refractivity contribution in [1.82, 2.24) is 24.3 Å². The van der Waals surface area contributed by atoms with Gasteiger partial charge in [-0.15, -0.1) is 0 Å². The quantitative estimate of drug-likeness (QED) is 0.120. The third kappa shape index (κ3) is 17.0. The number of amides is 1. The number of carboxylic acid groups (broad SMARTS) is 1. The molecule has 15 nitrogen and oxygen atoms in total. The van der Waals surface area contributed by atoms with E-state index in [1.165, 1.54) is 35.7 Å². The van der Waals surface area contributed by atoms with Gasteiger partial charge in [-0.1, -0.05) is 47.8 Å². The molecule has 71 heavy (non-hydrogen) atoms. The molecule has 8 rings (SSSR count). The van der Waals surface area contributed by atoms with Gasteiger partial charge in [0.25, 0.3) is 0 Å². The lowest BCUT2D eigenvalue weighted by molar-refractivity contribution is -0.139. The van der Waals surface area contributed by atoms with Gasteiger partial charge in [0, 0.05) is 85.0 Å². The van der Waals surface area contributed by atoms with Crippen LogP contribution >= 0.6 is 23.5 Å². The molecule has 4 aliphatic rings. The summed E-state index contributed by atoms with van der Waals surface area (Å²) < 4.78 is 123. The highest BCUT2D eigenvalue weighted by molar-refractivity contribution is 8.00. The molecule has 4 heterocycles. The number of primary sulfonamides is 1. The molecule has 0 atom stereocenters. The normalized spacial score (nSPS) is 16.8. The predicted octanol–water partition coefficient (Wildman–Crippen LogP) is 6.70. The van der Waals surface area contributed by atoms with E-state index in [1.54, 1.807) is 12.1 Å². The van der Waals surface area contributed by atoms with E-state index in [9.17, 15) is 52.8 Å². The first-order valence-electron chi connectivity index (χ1n) is 22.4. The van der Waals surface area contributed by atoms with Gasteiger partial charge in [-0.2, -0.15) is 26.3 Å². The van der Waals surface area contributed by atoms with E-state index >= 15 is 0 Å². The number of fused-ring (bicyclic) bond motifs is 4. The Morgan fingerprint density at radius 2 is 0.915 bits per heavy atom. The van der Waals surface area contributed by atoms with Gasteiger partial charge < -0.3 is 24.7 Å². The van der Waals surface area contributed by atoms with Crippen LogP contribution < -0.4 is 19.7 Å². The van der Waals surface area contributed by atoms with Crippen molar-refractivity contribution in [3.8, 4) is 0 Å². The molecule has 0 saturated carbocycles. The predicted molar refractivity (Wildman–Crippen MR) is 263 cm³/mol. The molecule has 0 spiro atoms. The molecule has 4 aromatic rings. The SMILES string of the molecule is CS(=O)(=O)NC(=O)CN1CCN(CCCN2c3ccccc3Sc3ccc(C(F)(F)F)cc32)CC1.CS(N)(=O)=O.O=C(O)CN1CCN(CCCN2c3ccccc3Sc3ccc(C(F)(F)F)cc32)CC1. The van der Waals surface area contributed by atoms with Crippen molar-refractivity contribution >= 4 is 78.2 Å². The van der Waals surface area contributed by atoms with Gasteiger partial charge >= 0.3 is 18.3 Å². The second-order valence-electron chi connectivity index (χ2n) is 17.3. The molecule has 4 aromatic carbocycles. The summed E-state index contributed by atoms with van der Waals surface area (Å²) in [7, 11) is -6.73. The number of nitrogens with one attached hydrogen (secondary N) is 1. The third-order valence-corrected chi connectivity index (χ3v) is 14.4. The maximum Gasteiger partial charge on any atom is 0.416 e. The number of aliphatic carboxylic acids is 1. The number of anilines is 4. The van der Waals surface area contributed by atoms with E-state index in [1.807, 2.05) is 72.9 Å². The fourth-order valence-electron chi connectivity index (χ4n) is 8.37. The Kier molecular flexibility index (Phi) is 18.8. The summed E-state index contributed by atoms with van der Waals surface area (Å²) in [6.45, 7) is 8.63. The minimum absolute atomic E-state index is 0.0292. The Hall–Kier alpha value is -4.60. The zero-order valence-corrected chi connectivity index (χ0v) is 42.2. The first-order valence-corrected chi connectivity index (χ1v) is 27.9. The second-order valence-corrected chi connectivity index (χ2v) is 22.8. The number of benzene rings is 4. The maximum absolute atomic E-state index is 13.4. The smallest absolute Gasteiger partial charge is 0.416 e. The zero-order chi connectivity index (χ0) is 51.7. The summed E-state index contributed by atoms with van der Waals surface area (Å²) in [6, 6.07) is 23.4. The van der Waals surface area contributed by atoms with Crippen molar-refractivity contribution < 1.29 is 57.9 Å². The highest BCUT2D eigenvalue weighted by Crippen LogP contribution is 2.51. The van der Waals surface area contributed by atoms with E-state index in [2.05, 4.69) is 14.9 Å². The van der Waals surface area contributed by atoms with Crippen LogP contribution in [0, 0.1) is 0 Å². The summed E-state index contributed by atoms with van der Waals surface area (Å²) in [4.78, 5) is 38.7. The second kappa shape index (κ2) is 24.0. The summed E-state index contributed by atoms with van der Waals surface area (Å²) in [6.07, 6.45) is -5.34. The molecule has 0 bridgehead atoms. The number of para-hydroxylation sites is 2. The lowest BCUT2D eigenvalue weighted by atomic mass is 10.1. The molecule has 4 aliphatic heterocycles. The summed E-state index contributed by atoms with van der Waals surface area (Å²) in [5.74, 6) is -1.36. The molecule has 388 valence electrons. The van der Waals surface area contributed by atoms with Gasteiger partial charge in [0.2, 0.25) is 26.0 Å². The Balaban J connectivity index is 0.000000213. The van der Waals surface area contributed by atoms with Crippen LogP contribution in [0.1, 0.15) is 24.0 Å². The number of alkyl halides is 6. The highest BCUT2D eigenvalue weighted by atomic mass is 32.2. The van der Waals surface area contributed by atoms with Crippen molar-refractivity contribution in [2.45, 2.75) is 44.8 Å². The molecule has 4 N–H and O–H groups in total. The van der Waals surface area contributed by atoms with Crippen molar-refractivity contribution in [2.24, 2.45) is 5.14 Å². The molecule has 2 saturated heterocycles. The van der Waals surface area contributed by atoms with Crippen LogP contribution in [0.5, 0.6) is 0 Å². The number of sulfonamides is 2. The van der Waals surface area contributed by atoms with Gasteiger partial charge in [0.15, 0.2) is 0 Å². The monoisotopic (exact) mass is 1070 g/mol. The highest BCUT2D eigenvalue weighted by Gasteiger charge is 2.35. The first-order chi connectivity index (χ1) is 33.3. The van der Waals surface area contributed by atoms with Crippen molar-refractivity contribution in [1.29, 1.82) is 0 Å². The molecule has 2 fully saturated rings. The number of hydrogen-bond donors (Lipinski definition) is 3. The minimum Gasteiger partial charge on any atom is -0.480 e. The van der Waals surface area contributed by atoms with Crippen LogP contribution in [0.15, 0.2) is 105 Å². The van der Waals surface area contributed by atoms with Crippen molar-refractivity contribution in [3.63, 3.8) is 0 Å². The van der Waals surface area contributed by atoms with Crippen molar-refractivity contribution in [2.75, 3.05) is 114 Å². The number of hydrogen-bond acceptors (Lipinski definition) is 14. The van der Waals surface area contributed by atoms with Gasteiger partial charge in [-0.05, 0) is 86.6 Å². The number of nitrogens with zero attached hydrogens (tertiary/aromatic N) is 6. The lowest BCUT2D eigenvalue weighted by Crippen LogP contribution is -2.50. The topological polar surface area (TPSA) is 180 Å². The molecular weight excluding hydrogens is 1020 g/mol. The molecule has 25 heteroatoms. The van der Waals surface area contributed by atoms with Crippen LogP contribution in [0.25, 0.3) is 0 Å². The van der Waals surface area contributed by atoms with Crippen molar-refractivity contribution in [3.05, 3.63) is 96.1 Å². The fourth-order valence-corrected chi connectivity index (χ4v) is 11.0. The van der Waals surface area contributed by atoms with Gasteiger partial charge in [0.1, 0.15) is 0 Å². The van der Waals surface area contributed by atoms with E-state index in [0.29, 0.717) is 50.6 Å². The van der Waals surface area contributed by atoms with Crippen LogP contribution in [0.4, 0.5) is 49.1 Å². The number of carbonyl (C=O) groups is 2. The van der Waals surface area contributed by atoms with E-state index in [4.69, 9.17) is 5.11 Å². The Morgan fingerprint density at radius 1 is 0.563 bits per heavy atom. The Bertz CT molecular complexity index is 2710. The maximum atomic E-state index is 13.4. The standard InChI is InChI=1S/C23H27F3N4O3S2.C22H24F3N3O2S.CH5NO2S/c1-35(32,33)27-22(31)16-29-13-11-28(12-14-29)9-4-10-30-18-5-2-3-6-20(18)34-21-8-7-17(15-19(21)30)23(24,25)26;23-22(24,25)16-6-7-20-18(14-16)28(17-4-1-2-5-19(17)31-20)9-3-8-26-10-12-27(13-11-26)15-21(29)30;1-5(2,3)4/h2-3,5-8,15H,4,9-14,16H2,1H3,(H,27,31);1-2,4-7,14H,3,8-13,15H2,(H,29,30);1H3,(H2,2,3,4). The van der Waals surface area contributed by atoms with Crippen LogP contribution in [0.3, 0.4) is 0 Å². The number of nitrogens with two attached hydrogens (primary N) is 1. The van der Waals surface area contributed by atoms with E-state index in [0.717, 1.165) is 108 Å². The summed E-state index contributed by atoms with van der Waals surface area (Å²) in [5.41, 5.74) is 1.73. The van der Waals surface area contributed by atoms with Crippen LogP contribution in [-0.2, 0) is 42.0 Å². The fraction of sp³-hybridized carbons (Fsp3) is 0.435. The number of rotatable bonds is 13. The molecular formula is C46H56F6N8O7S4. The number of piperazine rings is 2. The summed E-state index contributed by atoms with van der Waals surface area (Å²) in [5, 5.41) is 13.2. The molecule has 0 aromatic heterocycles. The average molecular weight is 1080 g/mol. The van der Waals surface area contributed by atoms with Crippen LogP contribution in [-0.4, -0.2) is 158 Å². The van der Waals surface area contributed by atoms with Crippen LogP contribution in [0.2, 0.25) is 0 Å². The third-order valence-electron chi connectivity index (χ3n) is 11.6. The first kappa shape index (κ1) is 55.7. The van der Waals surface area contributed by atoms with E-state index in [-0.39, 0.29) is 13.1 Å². The molecule has 0 unspecified atom stereocenters. The molecule has 0 aliphatic carbocycles. The Labute approximate surface area is 418 Å². The number of carboxylic acids is 1. The van der Waals surface area contributed by atoms with Gasteiger partial charge in [0.05, 0.1) is 59.5 Å². The minimum atomic E-state index is -4.40. The lowest BCUT2D eigenvalue weighted by Gasteiger charge is -2.36. The zero-order valence-electron chi connectivity index (χ0n) is 39.0. The molecule has 0 radical (unpaired) electrons. The largest absolute Gasteiger partial charge is 0.480 e. The number of carbonyl (C=O) groups excluding carboxylic acids is 1. The number of halogens is 6. The van der Waals surface area contributed by atoms with Gasteiger partial charge in [-0.3, -0.25) is 24.1 Å².